The number of aryl methyl sites for hydroxylation is 1. The number of aromatic nitrogens is 1. The number of halogens is 1. The minimum Gasteiger partial charge on any atom is -0.508 e. The number of carbonyl (C=O) groups is 1. The summed E-state index contributed by atoms with van der Waals surface area (Å²) in [7, 11) is 0. The van der Waals surface area contributed by atoms with E-state index in [1.807, 2.05) is 42.7 Å². The monoisotopic (exact) mass is 385 g/mol. The molecule has 0 saturated heterocycles. The summed E-state index contributed by atoms with van der Waals surface area (Å²) < 4.78 is 6.97. The number of hydrogen-bond acceptors (Lipinski definition) is 4. The van der Waals surface area contributed by atoms with Crippen LogP contribution >= 0.6 is 11.6 Å². The summed E-state index contributed by atoms with van der Waals surface area (Å²) in [6, 6.07) is 14.4. The molecule has 0 spiro atoms. The predicted molar refractivity (Wildman–Crippen MR) is 105 cm³/mol. The Morgan fingerprint density at radius 2 is 1.81 bits per heavy atom. The third-order valence-corrected chi connectivity index (χ3v) is 4.63. The number of aliphatic hydroxyl groups excluding tert-OH is 1. The molecule has 0 fully saturated rings. The van der Waals surface area contributed by atoms with Gasteiger partial charge in [-0.25, -0.2) is 4.79 Å². The summed E-state index contributed by atoms with van der Waals surface area (Å²) in [6.45, 7) is 3.33. The van der Waals surface area contributed by atoms with E-state index in [1.165, 1.54) is 0 Å². The molecule has 0 atom stereocenters. The molecule has 140 valence electrons. The molecule has 0 amide bonds. The second-order valence-electron chi connectivity index (χ2n) is 6.20. The van der Waals surface area contributed by atoms with Gasteiger partial charge in [0, 0.05) is 22.5 Å². The van der Waals surface area contributed by atoms with Crippen LogP contribution in [0.15, 0.2) is 48.5 Å². The van der Waals surface area contributed by atoms with Crippen LogP contribution in [0.1, 0.15) is 21.6 Å². The largest absolute Gasteiger partial charge is 0.508 e. The van der Waals surface area contributed by atoms with Crippen molar-refractivity contribution in [3.63, 3.8) is 0 Å². The first-order valence-corrected chi connectivity index (χ1v) is 8.86. The molecule has 2 N–H and O–H groups in total. The van der Waals surface area contributed by atoms with Crippen LogP contribution in [0.25, 0.3) is 16.9 Å². The third kappa shape index (κ3) is 3.84. The number of ether oxygens (including phenoxy) is 1. The van der Waals surface area contributed by atoms with Crippen LogP contribution < -0.4 is 0 Å². The molecule has 2 aromatic carbocycles. The van der Waals surface area contributed by atoms with Crippen LogP contribution in [0.5, 0.6) is 5.75 Å². The number of hydrogen-bond donors (Lipinski definition) is 2. The van der Waals surface area contributed by atoms with Gasteiger partial charge in [-0.1, -0.05) is 29.8 Å². The van der Waals surface area contributed by atoms with E-state index in [2.05, 4.69) is 0 Å². The molecule has 0 aliphatic carbocycles. The Balaban J connectivity index is 2.19. The number of phenolic OH excluding ortho intramolecular Hbond substituents is 1. The van der Waals surface area contributed by atoms with E-state index in [-0.39, 0.29) is 19.0 Å². The number of phenols is 1. The minimum absolute atomic E-state index is 0.0644. The van der Waals surface area contributed by atoms with Crippen LogP contribution in [0.2, 0.25) is 5.02 Å². The Hall–Kier alpha value is -2.76. The highest BCUT2D eigenvalue weighted by molar-refractivity contribution is 6.30. The van der Waals surface area contributed by atoms with Crippen LogP contribution in [0.3, 0.4) is 0 Å². The number of aromatic hydroxyl groups is 1. The molecule has 27 heavy (non-hydrogen) atoms. The van der Waals surface area contributed by atoms with E-state index in [0.717, 1.165) is 22.5 Å². The van der Waals surface area contributed by atoms with Crippen LogP contribution in [-0.4, -0.2) is 34.0 Å². The number of carbonyl (C=O) groups excluding carboxylic acids is 1. The highest BCUT2D eigenvalue weighted by atomic mass is 35.5. The zero-order valence-electron chi connectivity index (χ0n) is 15.1. The SMILES string of the molecule is Cc1ccc(-n2c(-c3ccc(Cl)cc3)cc(C(=O)OCCO)c2C)cc1O. The lowest BCUT2D eigenvalue weighted by molar-refractivity contribution is 0.0433. The van der Waals surface area contributed by atoms with Crippen molar-refractivity contribution in [2.24, 2.45) is 0 Å². The van der Waals surface area contributed by atoms with Crippen LogP contribution in [-0.2, 0) is 4.74 Å². The van der Waals surface area contributed by atoms with Gasteiger partial charge >= 0.3 is 5.97 Å². The second-order valence-corrected chi connectivity index (χ2v) is 6.64. The Labute approximate surface area is 162 Å². The van der Waals surface area contributed by atoms with E-state index in [0.29, 0.717) is 16.3 Å². The van der Waals surface area contributed by atoms with Gasteiger partial charge in [0.15, 0.2) is 0 Å². The predicted octanol–water partition coefficient (Wildman–Crippen LogP) is 4.27. The summed E-state index contributed by atoms with van der Waals surface area (Å²) >= 11 is 6.00. The maximum absolute atomic E-state index is 12.4. The lowest BCUT2D eigenvalue weighted by Crippen LogP contribution is -2.10. The smallest absolute Gasteiger partial charge is 0.340 e. The zero-order chi connectivity index (χ0) is 19.6. The first-order chi connectivity index (χ1) is 12.9. The van der Waals surface area contributed by atoms with E-state index < -0.39 is 5.97 Å². The van der Waals surface area contributed by atoms with Gasteiger partial charge in [0.2, 0.25) is 0 Å². The molecule has 0 saturated carbocycles. The molecule has 0 radical (unpaired) electrons. The highest BCUT2D eigenvalue weighted by Gasteiger charge is 2.21. The number of esters is 1. The molecular formula is C21H20ClNO4. The maximum atomic E-state index is 12.4. The van der Waals surface area contributed by atoms with Crippen LogP contribution in [0, 0.1) is 13.8 Å². The Morgan fingerprint density at radius 3 is 2.44 bits per heavy atom. The van der Waals surface area contributed by atoms with Crippen molar-refractivity contribution in [2.75, 3.05) is 13.2 Å². The molecule has 0 bridgehead atoms. The molecule has 1 heterocycles. The molecule has 1 aromatic heterocycles. The fourth-order valence-corrected chi connectivity index (χ4v) is 3.06. The Bertz CT molecular complexity index is 977. The minimum atomic E-state index is -0.508. The standard InChI is InChI=1S/C21H20ClNO4/c1-13-3-8-17(11-20(13)25)23-14(2)18(21(26)27-10-9-24)12-19(23)15-4-6-16(22)7-5-15/h3-8,11-12,24-25H,9-10H2,1-2H3. The number of rotatable bonds is 5. The van der Waals surface area contributed by atoms with Gasteiger partial charge in [-0.05, 0) is 49.2 Å². The summed E-state index contributed by atoms with van der Waals surface area (Å²) in [5.41, 5.74) is 4.19. The normalized spacial score (nSPS) is 10.8. The van der Waals surface area contributed by atoms with Crippen molar-refractivity contribution < 1.29 is 19.7 Å². The lowest BCUT2D eigenvalue weighted by atomic mass is 10.1. The Morgan fingerprint density at radius 1 is 1.11 bits per heavy atom. The van der Waals surface area contributed by atoms with Gasteiger partial charge in [0.1, 0.15) is 12.4 Å². The molecule has 3 aromatic rings. The van der Waals surface area contributed by atoms with Crippen molar-refractivity contribution in [1.82, 2.24) is 4.57 Å². The highest BCUT2D eigenvalue weighted by Crippen LogP contribution is 2.32. The summed E-state index contributed by atoms with van der Waals surface area (Å²) in [6.07, 6.45) is 0. The van der Waals surface area contributed by atoms with Gasteiger partial charge < -0.3 is 19.5 Å². The fraction of sp³-hybridized carbons (Fsp3) is 0.190. The third-order valence-electron chi connectivity index (χ3n) is 4.38. The average Bonchev–Trinajstić information content (AvgIpc) is 3.00. The summed E-state index contributed by atoms with van der Waals surface area (Å²) in [5, 5.41) is 19.7. The van der Waals surface area contributed by atoms with E-state index in [9.17, 15) is 9.90 Å². The van der Waals surface area contributed by atoms with Gasteiger partial charge in [0.25, 0.3) is 0 Å². The van der Waals surface area contributed by atoms with E-state index in [4.69, 9.17) is 21.4 Å². The van der Waals surface area contributed by atoms with E-state index in [1.54, 1.807) is 24.3 Å². The zero-order valence-corrected chi connectivity index (χ0v) is 15.8. The first kappa shape index (κ1) is 19.0. The number of benzene rings is 2. The first-order valence-electron chi connectivity index (χ1n) is 8.48. The van der Waals surface area contributed by atoms with E-state index >= 15 is 0 Å². The second kappa shape index (κ2) is 7.86. The quantitative estimate of drug-likeness (QED) is 0.643. The van der Waals surface area contributed by atoms with Gasteiger partial charge in [-0.2, -0.15) is 0 Å². The van der Waals surface area contributed by atoms with Crippen LogP contribution in [0.4, 0.5) is 0 Å². The topological polar surface area (TPSA) is 71.7 Å². The molecule has 5 nitrogen and oxygen atoms in total. The average molecular weight is 386 g/mol. The van der Waals surface area contributed by atoms with Crippen molar-refractivity contribution in [3.05, 3.63) is 70.4 Å². The molecule has 0 unspecified atom stereocenters. The molecule has 0 aliphatic rings. The Kier molecular flexibility index (Phi) is 5.54. The van der Waals surface area contributed by atoms with Gasteiger partial charge in [0.05, 0.1) is 17.9 Å². The van der Waals surface area contributed by atoms with Gasteiger partial charge in [-0.15, -0.1) is 0 Å². The molecule has 6 heteroatoms. The summed E-state index contributed by atoms with van der Waals surface area (Å²) in [5.74, 6) is -0.334. The van der Waals surface area contributed by atoms with Crippen molar-refractivity contribution in [1.29, 1.82) is 0 Å². The lowest BCUT2D eigenvalue weighted by Gasteiger charge is -2.13. The number of nitrogens with zero attached hydrogens (tertiary/aromatic N) is 1. The number of aliphatic hydroxyl groups is 1. The molecule has 3 rings (SSSR count). The fourth-order valence-electron chi connectivity index (χ4n) is 2.93. The van der Waals surface area contributed by atoms with Crippen molar-refractivity contribution in [2.45, 2.75) is 13.8 Å². The molecular weight excluding hydrogens is 366 g/mol. The van der Waals surface area contributed by atoms with Crippen molar-refractivity contribution in [3.8, 4) is 22.7 Å². The van der Waals surface area contributed by atoms with Gasteiger partial charge in [-0.3, -0.25) is 0 Å². The maximum Gasteiger partial charge on any atom is 0.340 e. The van der Waals surface area contributed by atoms with Crippen molar-refractivity contribution >= 4 is 17.6 Å². The summed E-state index contributed by atoms with van der Waals surface area (Å²) in [4.78, 5) is 12.4. The molecule has 0 aliphatic heterocycles.